The van der Waals surface area contributed by atoms with E-state index in [0.29, 0.717) is 6.54 Å². The Labute approximate surface area is 154 Å². The summed E-state index contributed by atoms with van der Waals surface area (Å²) in [5.41, 5.74) is 4.70. The van der Waals surface area contributed by atoms with Gasteiger partial charge in [-0.25, -0.2) is 8.42 Å². The topological polar surface area (TPSA) is 54.5 Å². The maximum Gasteiger partial charge on any atom is 0.339 e. The van der Waals surface area contributed by atoms with Gasteiger partial charge in [0.1, 0.15) is 0 Å². The summed E-state index contributed by atoms with van der Waals surface area (Å²) in [6.07, 6.45) is 5.29. The van der Waals surface area contributed by atoms with E-state index in [1.165, 1.54) is 41.7 Å². The highest BCUT2D eigenvalue weighted by molar-refractivity contribution is 8.06. The third kappa shape index (κ3) is 3.40. The number of carbonyl (C=O) groups is 1. The number of benzene rings is 2. The van der Waals surface area contributed by atoms with Gasteiger partial charge < -0.3 is 4.90 Å². The number of sulfone groups is 1. The second kappa shape index (κ2) is 6.88. The average molecular weight is 369 g/mol. The fourth-order valence-corrected chi connectivity index (χ4v) is 5.16. The maximum absolute atomic E-state index is 11.8. The summed E-state index contributed by atoms with van der Waals surface area (Å²) in [5, 5.41) is -0.746. The maximum atomic E-state index is 11.8. The minimum atomic E-state index is -3.57. The highest BCUT2D eigenvalue weighted by atomic mass is 32.2. The van der Waals surface area contributed by atoms with Crippen LogP contribution in [0.3, 0.4) is 0 Å². The quantitative estimate of drug-likeness (QED) is 0.804. The van der Waals surface area contributed by atoms with Gasteiger partial charge in [-0.15, -0.1) is 0 Å². The molecule has 1 saturated carbocycles. The van der Waals surface area contributed by atoms with Crippen molar-refractivity contribution in [1.29, 1.82) is 0 Å². The Morgan fingerprint density at radius 2 is 1.46 bits per heavy atom. The van der Waals surface area contributed by atoms with Crippen LogP contribution in [0.5, 0.6) is 0 Å². The van der Waals surface area contributed by atoms with E-state index in [1.54, 1.807) is 0 Å². The Kier molecular flexibility index (Phi) is 4.57. The molecular formula is C21H23NO3S. The standard InChI is InChI=1S/C21H23NO3S/c23-21-22(13-14-26(21,24)25)15-16-5-7-18(8-6-16)20-11-9-19(10-12-20)17-3-1-2-4-17/h5-12,17H,1-4,13-15H2. The fraction of sp³-hybridized carbons (Fsp3) is 0.381. The molecule has 1 heterocycles. The van der Waals surface area contributed by atoms with Crippen LogP contribution in [0.1, 0.15) is 42.7 Å². The average Bonchev–Trinajstić information content (AvgIpc) is 3.27. The van der Waals surface area contributed by atoms with Gasteiger partial charge >= 0.3 is 5.24 Å². The first kappa shape index (κ1) is 17.3. The van der Waals surface area contributed by atoms with E-state index in [9.17, 15) is 13.2 Å². The van der Waals surface area contributed by atoms with Crippen LogP contribution in [0.2, 0.25) is 0 Å². The largest absolute Gasteiger partial charge is 0.339 e. The molecule has 2 aromatic rings. The van der Waals surface area contributed by atoms with Gasteiger partial charge in [-0.3, -0.25) is 4.79 Å². The van der Waals surface area contributed by atoms with Gasteiger partial charge in [0.2, 0.25) is 9.84 Å². The van der Waals surface area contributed by atoms with Gasteiger partial charge in [0.05, 0.1) is 5.75 Å². The number of carbonyl (C=O) groups excluding carboxylic acids is 1. The third-order valence-electron chi connectivity index (χ3n) is 5.55. The number of nitrogens with zero attached hydrogens (tertiary/aromatic N) is 1. The Hall–Kier alpha value is -2.14. The van der Waals surface area contributed by atoms with E-state index >= 15 is 0 Å². The van der Waals surface area contributed by atoms with E-state index in [1.807, 2.05) is 24.3 Å². The Morgan fingerprint density at radius 1 is 0.885 bits per heavy atom. The van der Waals surface area contributed by atoms with Crippen molar-refractivity contribution < 1.29 is 13.2 Å². The van der Waals surface area contributed by atoms with Crippen molar-refractivity contribution in [2.45, 2.75) is 38.1 Å². The second-order valence-electron chi connectivity index (χ2n) is 7.31. The molecule has 1 aliphatic carbocycles. The molecule has 1 aliphatic heterocycles. The van der Waals surface area contributed by atoms with Crippen LogP contribution in [0.4, 0.5) is 4.79 Å². The predicted octanol–water partition coefficient (Wildman–Crippen LogP) is 4.36. The smallest absolute Gasteiger partial charge is 0.324 e. The summed E-state index contributed by atoms with van der Waals surface area (Å²) in [6.45, 7) is 0.629. The van der Waals surface area contributed by atoms with Crippen LogP contribution in [0, 0.1) is 0 Å². The van der Waals surface area contributed by atoms with Crippen LogP contribution in [0.25, 0.3) is 11.1 Å². The first-order valence-corrected chi connectivity index (χ1v) is 10.9. The highest BCUT2D eigenvalue weighted by Crippen LogP contribution is 2.34. The predicted molar refractivity (Wildman–Crippen MR) is 103 cm³/mol. The third-order valence-corrected chi connectivity index (χ3v) is 7.06. The molecule has 2 fully saturated rings. The lowest BCUT2D eigenvalue weighted by molar-refractivity contribution is 0.226. The van der Waals surface area contributed by atoms with Crippen molar-refractivity contribution in [1.82, 2.24) is 4.90 Å². The van der Waals surface area contributed by atoms with Crippen molar-refractivity contribution in [2.24, 2.45) is 0 Å². The molecule has 1 saturated heterocycles. The van der Waals surface area contributed by atoms with E-state index < -0.39 is 15.1 Å². The number of hydrogen-bond donors (Lipinski definition) is 0. The molecular weight excluding hydrogens is 346 g/mol. The minimum Gasteiger partial charge on any atom is -0.324 e. The van der Waals surface area contributed by atoms with Gasteiger partial charge in [0.25, 0.3) is 0 Å². The van der Waals surface area contributed by atoms with Crippen LogP contribution in [-0.4, -0.2) is 30.9 Å². The first-order valence-electron chi connectivity index (χ1n) is 9.24. The summed E-state index contributed by atoms with van der Waals surface area (Å²) in [4.78, 5) is 13.2. The summed E-state index contributed by atoms with van der Waals surface area (Å²) >= 11 is 0. The van der Waals surface area contributed by atoms with E-state index in [4.69, 9.17) is 0 Å². The number of amides is 1. The highest BCUT2D eigenvalue weighted by Gasteiger charge is 2.35. The molecule has 0 radical (unpaired) electrons. The van der Waals surface area contributed by atoms with Gasteiger partial charge in [-0.1, -0.05) is 61.4 Å². The molecule has 0 atom stereocenters. The number of rotatable bonds is 4. The van der Waals surface area contributed by atoms with Crippen LogP contribution in [-0.2, 0) is 16.4 Å². The lowest BCUT2D eigenvalue weighted by Crippen LogP contribution is -2.25. The molecule has 2 aliphatic rings. The van der Waals surface area contributed by atoms with Crippen molar-refractivity contribution in [3.05, 3.63) is 59.7 Å². The van der Waals surface area contributed by atoms with Crippen molar-refractivity contribution in [2.75, 3.05) is 12.3 Å². The van der Waals surface area contributed by atoms with E-state index in [0.717, 1.165) is 17.0 Å². The molecule has 136 valence electrons. The molecule has 0 aromatic heterocycles. The van der Waals surface area contributed by atoms with Crippen LogP contribution < -0.4 is 0 Å². The van der Waals surface area contributed by atoms with Crippen molar-refractivity contribution >= 4 is 15.1 Å². The molecule has 5 heteroatoms. The summed E-state index contributed by atoms with van der Waals surface area (Å²) in [7, 11) is -3.57. The molecule has 4 rings (SSSR count). The molecule has 2 aromatic carbocycles. The first-order chi connectivity index (χ1) is 12.5. The van der Waals surface area contributed by atoms with Crippen molar-refractivity contribution in [3.8, 4) is 11.1 Å². The monoisotopic (exact) mass is 369 g/mol. The van der Waals surface area contributed by atoms with Gasteiger partial charge in [-0.05, 0) is 41.0 Å². The van der Waals surface area contributed by atoms with Crippen molar-refractivity contribution in [3.63, 3.8) is 0 Å². The molecule has 0 N–H and O–H groups in total. The summed E-state index contributed by atoms with van der Waals surface area (Å²) < 4.78 is 23.1. The fourth-order valence-electron chi connectivity index (χ4n) is 3.98. The lowest BCUT2D eigenvalue weighted by Gasteiger charge is -2.14. The van der Waals surface area contributed by atoms with Gasteiger partial charge in [0, 0.05) is 13.1 Å². The zero-order valence-electron chi connectivity index (χ0n) is 14.7. The van der Waals surface area contributed by atoms with E-state index in [-0.39, 0.29) is 12.3 Å². The second-order valence-corrected chi connectivity index (χ2v) is 9.29. The summed E-state index contributed by atoms with van der Waals surface area (Å²) in [6, 6.07) is 16.9. The number of hydrogen-bond acceptors (Lipinski definition) is 3. The SMILES string of the molecule is O=C1N(Cc2ccc(-c3ccc(C4CCCC4)cc3)cc2)CCS1(=O)=O. The van der Waals surface area contributed by atoms with Crippen LogP contribution in [0.15, 0.2) is 48.5 Å². The molecule has 0 spiro atoms. The molecule has 1 amide bonds. The van der Waals surface area contributed by atoms with E-state index in [2.05, 4.69) is 24.3 Å². The zero-order chi connectivity index (χ0) is 18.1. The molecule has 4 nitrogen and oxygen atoms in total. The molecule has 0 unspecified atom stereocenters. The minimum absolute atomic E-state index is 0.0722. The Balaban J connectivity index is 1.45. The zero-order valence-corrected chi connectivity index (χ0v) is 15.5. The lowest BCUT2D eigenvalue weighted by atomic mass is 9.95. The van der Waals surface area contributed by atoms with Gasteiger partial charge in [-0.2, -0.15) is 0 Å². The Bertz CT molecular complexity index is 895. The Morgan fingerprint density at radius 3 is 2.00 bits per heavy atom. The van der Waals surface area contributed by atoms with Crippen LogP contribution >= 0.6 is 0 Å². The van der Waals surface area contributed by atoms with Gasteiger partial charge in [0.15, 0.2) is 0 Å². The normalized spacial score (nSPS) is 20.0. The molecule has 26 heavy (non-hydrogen) atoms. The molecule has 0 bridgehead atoms. The summed E-state index contributed by atoms with van der Waals surface area (Å²) in [5.74, 6) is 0.651.